The summed E-state index contributed by atoms with van der Waals surface area (Å²) < 4.78 is 13.6. The first-order valence-electron chi connectivity index (χ1n) is 9.67. The third-order valence-electron chi connectivity index (χ3n) is 5.12. The van der Waals surface area contributed by atoms with E-state index in [1.807, 2.05) is 30.3 Å². The molecule has 0 radical (unpaired) electrons. The van der Waals surface area contributed by atoms with Gasteiger partial charge in [0.2, 0.25) is 0 Å². The van der Waals surface area contributed by atoms with Gasteiger partial charge in [0.05, 0.1) is 36.9 Å². The van der Waals surface area contributed by atoms with Crippen molar-refractivity contribution in [2.75, 3.05) is 20.2 Å². The van der Waals surface area contributed by atoms with Gasteiger partial charge in [-0.25, -0.2) is 4.98 Å². The lowest BCUT2D eigenvalue weighted by atomic mass is 10.2. The number of morpholine rings is 1. The van der Waals surface area contributed by atoms with Crippen LogP contribution in [0.3, 0.4) is 0 Å². The molecule has 2 atom stereocenters. The fourth-order valence-electron chi connectivity index (χ4n) is 4.01. The number of hydrogen-bond acceptors (Lipinski definition) is 4. The molecule has 0 bridgehead atoms. The molecule has 1 saturated heterocycles. The van der Waals surface area contributed by atoms with Crippen molar-refractivity contribution in [3.8, 4) is 5.75 Å². The molecule has 28 heavy (non-hydrogen) atoms. The molecular formula is C22H26ClN3O2. The third-order valence-corrected chi connectivity index (χ3v) is 5.36. The van der Waals surface area contributed by atoms with E-state index in [0.717, 1.165) is 59.4 Å². The molecule has 3 aromatic rings. The Labute approximate surface area is 170 Å². The summed E-state index contributed by atoms with van der Waals surface area (Å²) in [5.41, 5.74) is 3.21. The quantitative estimate of drug-likeness (QED) is 0.639. The molecule has 1 aliphatic rings. The lowest BCUT2D eigenvalue weighted by molar-refractivity contribution is -0.0712. The maximum Gasteiger partial charge on any atom is 0.124 e. The Balaban J connectivity index is 1.71. The first kappa shape index (κ1) is 19.2. The number of methoxy groups -OCH3 is 1. The number of nitrogens with zero attached hydrogens (tertiary/aromatic N) is 3. The minimum absolute atomic E-state index is 0.231. The summed E-state index contributed by atoms with van der Waals surface area (Å²) in [4.78, 5) is 7.37. The molecule has 1 aromatic heterocycles. The van der Waals surface area contributed by atoms with Crippen molar-refractivity contribution in [3.63, 3.8) is 0 Å². The van der Waals surface area contributed by atoms with Crippen LogP contribution in [0.25, 0.3) is 11.0 Å². The fourth-order valence-corrected chi connectivity index (χ4v) is 4.23. The summed E-state index contributed by atoms with van der Waals surface area (Å²) in [5.74, 6) is 1.87. The molecule has 0 spiro atoms. The van der Waals surface area contributed by atoms with Gasteiger partial charge in [-0.1, -0.05) is 23.7 Å². The summed E-state index contributed by atoms with van der Waals surface area (Å²) in [6.07, 6.45) is 0.462. The predicted octanol–water partition coefficient (Wildman–Crippen LogP) is 4.36. The van der Waals surface area contributed by atoms with Crippen molar-refractivity contribution in [1.29, 1.82) is 0 Å². The molecule has 0 aliphatic carbocycles. The van der Waals surface area contributed by atoms with E-state index in [2.05, 4.69) is 35.4 Å². The lowest BCUT2D eigenvalue weighted by Gasteiger charge is -2.35. The van der Waals surface area contributed by atoms with E-state index >= 15 is 0 Å². The van der Waals surface area contributed by atoms with Crippen molar-refractivity contribution in [2.24, 2.45) is 0 Å². The van der Waals surface area contributed by atoms with Crippen LogP contribution in [0.2, 0.25) is 5.02 Å². The number of halogens is 1. The Hall–Kier alpha value is -2.08. The molecule has 5 nitrogen and oxygen atoms in total. The van der Waals surface area contributed by atoms with Gasteiger partial charge in [0.25, 0.3) is 0 Å². The average molecular weight is 400 g/mol. The van der Waals surface area contributed by atoms with Crippen LogP contribution in [0, 0.1) is 0 Å². The summed E-state index contributed by atoms with van der Waals surface area (Å²) in [6.45, 7) is 7.59. The Morgan fingerprint density at radius 3 is 2.61 bits per heavy atom. The van der Waals surface area contributed by atoms with Gasteiger partial charge >= 0.3 is 0 Å². The number of fused-ring (bicyclic) bond motifs is 1. The Bertz CT molecular complexity index is 962. The highest BCUT2D eigenvalue weighted by atomic mass is 35.5. The second-order valence-corrected chi connectivity index (χ2v) is 7.99. The van der Waals surface area contributed by atoms with Crippen molar-refractivity contribution in [3.05, 3.63) is 58.9 Å². The molecule has 1 fully saturated rings. The fraction of sp³-hybridized carbons (Fsp3) is 0.409. The summed E-state index contributed by atoms with van der Waals surface area (Å²) in [7, 11) is 1.68. The van der Waals surface area contributed by atoms with Crippen LogP contribution in [0.5, 0.6) is 5.75 Å². The Morgan fingerprint density at radius 2 is 1.89 bits per heavy atom. The van der Waals surface area contributed by atoms with Gasteiger partial charge in [0.1, 0.15) is 11.6 Å². The molecule has 6 heteroatoms. The van der Waals surface area contributed by atoms with Gasteiger partial charge in [-0.3, -0.25) is 4.90 Å². The molecule has 0 amide bonds. The Kier molecular flexibility index (Phi) is 5.58. The van der Waals surface area contributed by atoms with Crippen LogP contribution < -0.4 is 4.74 Å². The van der Waals surface area contributed by atoms with Crippen LogP contribution in [-0.2, 0) is 17.8 Å². The SMILES string of the molecule is COc1ccc2c(c1)nc(CN1CC(C)OC(C)C1)n2Cc1cccc(Cl)c1. The molecule has 2 heterocycles. The van der Waals surface area contributed by atoms with Gasteiger partial charge in [0, 0.05) is 30.7 Å². The summed E-state index contributed by atoms with van der Waals surface area (Å²) >= 11 is 6.21. The highest BCUT2D eigenvalue weighted by Crippen LogP contribution is 2.25. The van der Waals surface area contributed by atoms with E-state index in [1.165, 1.54) is 0 Å². The van der Waals surface area contributed by atoms with Crippen LogP contribution in [0.1, 0.15) is 25.2 Å². The lowest BCUT2D eigenvalue weighted by Crippen LogP contribution is -2.45. The van der Waals surface area contributed by atoms with Crippen molar-refractivity contribution >= 4 is 22.6 Å². The minimum atomic E-state index is 0.231. The van der Waals surface area contributed by atoms with Gasteiger partial charge in [-0.05, 0) is 43.7 Å². The summed E-state index contributed by atoms with van der Waals surface area (Å²) in [5, 5.41) is 0.751. The number of ether oxygens (including phenoxy) is 2. The van der Waals surface area contributed by atoms with E-state index in [9.17, 15) is 0 Å². The van der Waals surface area contributed by atoms with E-state index in [-0.39, 0.29) is 12.2 Å². The van der Waals surface area contributed by atoms with Crippen LogP contribution in [0.15, 0.2) is 42.5 Å². The molecule has 4 rings (SSSR count). The van der Waals surface area contributed by atoms with Crippen molar-refractivity contribution < 1.29 is 9.47 Å². The number of imidazole rings is 1. The molecule has 1 aliphatic heterocycles. The van der Waals surface area contributed by atoms with E-state index < -0.39 is 0 Å². The van der Waals surface area contributed by atoms with Crippen molar-refractivity contribution in [1.82, 2.24) is 14.5 Å². The maximum atomic E-state index is 6.21. The van der Waals surface area contributed by atoms with Gasteiger partial charge in [-0.2, -0.15) is 0 Å². The zero-order valence-electron chi connectivity index (χ0n) is 16.6. The van der Waals surface area contributed by atoms with Crippen LogP contribution in [-0.4, -0.2) is 46.9 Å². The minimum Gasteiger partial charge on any atom is -0.497 e. The highest BCUT2D eigenvalue weighted by molar-refractivity contribution is 6.30. The first-order valence-corrected chi connectivity index (χ1v) is 10.0. The standard InChI is InChI=1S/C22H26ClN3O2/c1-15-11-25(12-16(2)28-15)14-22-24-20-10-19(27-3)7-8-21(20)26(22)13-17-5-4-6-18(23)9-17/h4-10,15-16H,11-14H2,1-3H3. The smallest absolute Gasteiger partial charge is 0.124 e. The second kappa shape index (κ2) is 8.11. The molecule has 2 aromatic carbocycles. The molecule has 0 saturated carbocycles. The monoisotopic (exact) mass is 399 g/mol. The normalized spacial score (nSPS) is 20.6. The third kappa shape index (κ3) is 4.17. The molecular weight excluding hydrogens is 374 g/mol. The van der Waals surface area contributed by atoms with E-state index in [4.69, 9.17) is 26.1 Å². The predicted molar refractivity (Wildman–Crippen MR) is 112 cm³/mol. The zero-order valence-corrected chi connectivity index (χ0v) is 17.3. The van der Waals surface area contributed by atoms with Gasteiger partial charge < -0.3 is 14.0 Å². The van der Waals surface area contributed by atoms with Crippen LogP contribution >= 0.6 is 11.6 Å². The van der Waals surface area contributed by atoms with E-state index in [0.29, 0.717) is 0 Å². The Morgan fingerprint density at radius 1 is 1.11 bits per heavy atom. The summed E-state index contributed by atoms with van der Waals surface area (Å²) in [6, 6.07) is 14.1. The highest BCUT2D eigenvalue weighted by Gasteiger charge is 2.24. The van der Waals surface area contributed by atoms with E-state index in [1.54, 1.807) is 7.11 Å². The molecule has 2 unspecified atom stereocenters. The zero-order chi connectivity index (χ0) is 19.7. The molecule has 0 N–H and O–H groups in total. The number of benzene rings is 2. The topological polar surface area (TPSA) is 39.5 Å². The first-order chi connectivity index (χ1) is 13.5. The van der Waals surface area contributed by atoms with Gasteiger partial charge in [-0.15, -0.1) is 0 Å². The largest absolute Gasteiger partial charge is 0.497 e. The second-order valence-electron chi connectivity index (χ2n) is 7.55. The number of hydrogen-bond donors (Lipinski definition) is 0. The van der Waals surface area contributed by atoms with Gasteiger partial charge in [0.15, 0.2) is 0 Å². The number of rotatable bonds is 5. The average Bonchev–Trinajstić information content (AvgIpc) is 2.97. The van der Waals surface area contributed by atoms with Crippen LogP contribution in [0.4, 0.5) is 0 Å². The maximum absolute atomic E-state index is 6.21. The number of aromatic nitrogens is 2. The molecule has 148 valence electrons. The van der Waals surface area contributed by atoms with Crippen molar-refractivity contribution in [2.45, 2.75) is 39.1 Å².